The lowest BCUT2D eigenvalue weighted by molar-refractivity contribution is 1.08. The SMILES string of the molecule is Clc1ccc(Sc2cc([P+](c3ccccc3)(c3ccccc3)c3ccccc3)nc(-c3ccccc3)n2)cc1. The Morgan fingerprint density at radius 3 is 1.46 bits per heavy atom. The van der Waals surface area contributed by atoms with Gasteiger partial charge in [0, 0.05) is 21.5 Å². The summed E-state index contributed by atoms with van der Waals surface area (Å²) in [6.45, 7) is 0. The molecule has 0 saturated heterocycles. The summed E-state index contributed by atoms with van der Waals surface area (Å²) in [5.74, 6) is 0.719. The van der Waals surface area contributed by atoms with Crippen molar-refractivity contribution in [1.82, 2.24) is 9.97 Å². The predicted molar refractivity (Wildman–Crippen MR) is 168 cm³/mol. The molecule has 6 aromatic rings. The third kappa shape index (κ3) is 5.27. The molecule has 0 aliphatic carbocycles. The predicted octanol–water partition coefficient (Wildman–Crippen LogP) is 7.57. The number of rotatable bonds is 7. The quantitative estimate of drug-likeness (QED) is 0.149. The Morgan fingerprint density at radius 1 is 0.513 bits per heavy atom. The van der Waals surface area contributed by atoms with Crippen molar-refractivity contribution in [3.05, 3.63) is 157 Å². The molecular formula is C34H25ClN2PS+. The van der Waals surface area contributed by atoms with E-state index in [-0.39, 0.29) is 0 Å². The molecule has 1 aromatic heterocycles. The van der Waals surface area contributed by atoms with E-state index in [1.54, 1.807) is 11.8 Å². The maximum atomic E-state index is 6.18. The zero-order valence-corrected chi connectivity index (χ0v) is 23.5. The number of nitrogens with zero attached hydrogens (tertiary/aromatic N) is 2. The smallest absolute Gasteiger partial charge is 0.202 e. The normalized spacial score (nSPS) is 11.3. The Balaban J connectivity index is 1.67. The molecule has 188 valence electrons. The zero-order chi connectivity index (χ0) is 26.5. The molecular weight excluding hydrogens is 535 g/mol. The lowest BCUT2D eigenvalue weighted by Gasteiger charge is -2.27. The molecule has 0 radical (unpaired) electrons. The van der Waals surface area contributed by atoms with Crippen molar-refractivity contribution >= 4 is 52.0 Å². The van der Waals surface area contributed by atoms with Crippen LogP contribution in [0.5, 0.6) is 0 Å². The largest absolute Gasteiger partial charge is 0.221 e. The van der Waals surface area contributed by atoms with Gasteiger partial charge in [-0.3, -0.25) is 0 Å². The molecule has 0 fully saturated rings. The number of hydrogen-bond acceptors (Lipinski definition) is 3. The first-order chi connectivity index (χ1) is 19.2. The second kappa shape index (κ2) is 11.6. The van der Waals surface area contributed by atoms with Crippen LogP contribution in [-0.4, -0.2) is 9.97 Å². The summed E-state index contributed by atoms with van der Waals surface area (Å²) in [5, 5.41) is 5.37. The molecule has 0 atom stereocenters. The number of hydrogen-bond donors (Lipinski definition) is 0. The average Bonchev–Trinajstić information content (AvgIpc) is 3.01. The van der Waals surface area contributed by atoms with Crippen molar-refractivity contribution in [2.24, 2.45) is 0 Å². The standard InChI is InChI=1S/C34H25ClN2PS/c35-27-21-23-31(24-22-27)39-33-25-32(36-34(37-33)26-13-5-1-6-14-26)38(28-15-7-2-8-16-28,29-17-9-3-10-18-29)30-19-11-4-12-20-30/h1-25H/q+1. The van der Waals surface area contributed by atoms with Crippen LogP contribution in [-0.2, 0) is 0 Å². The topological polar surface area (TPSA) is 25.8 Å². The summed E-state index contributed by atoms with van der Waals surface area (Å²) in [4.78, 5) is 11.5. The van der Waals surface area contributed by atoms with E-state index >= 15 is 0 Å². The van der Waals surface area contributed by atoms with Crippen LogP contribution in [0.1, 0.15) is 0 Å². The summed E-state index contributed by atoms with van der Waals surface area (Å²) >= 11 is 7.81. The molecule has 0 spiro atoms. The van der Waals surface area contributed by atoms with Gasteiger partial charge < -0.3 is 0 Å². The molecule has 0 N–H and O–H groups in total. The van der Waals surface area contributed by atoms with Crippen LogP contribution in [0.25, 0.3) is 11.4 Å². The van der Waals surface area contributed by atoms with Gasteiger partial charge in [0.2, 0.25) is 5.44 Å². The molecule has 0 saturated carbocycles. The van der Waals surface area contributed by atoms with E-state index < -0.39 is 7.26 Å². The number of aromatic nitrogens is 2. The van der Waals surface area contributed by atoms with Crippen LogP contribution in [0.2, 0.25) is 5.02 Å². The van der Waals surface area contributed by atoms with Crippen LogP contribution >= 0.6 is 30.6 Å². The second-order valence-electron chi connectivity index (χ2n) is 8.99. The molecule has 0 unspecified atom stereocenters. The monoisotopic (exact) mass is 559 g/mol. The van der Waals surface area contributed by atoms with Gasteiger partial charge in [0.1, 0.15) is 20.9 Å². The molecule has 2 nitrogen and oxygen atoms in total. The minimum absolute atomic E-state index is 0.717. The highest BCUT2D eigenvalue weighted by atomic mass is 35.5. The summed E-state index contributed by atoms with van der Waals surface area (Å²) < 4.78 is 0. The maximum absolute atomic E-state index is 6.18. The van der Waals surface area contributed by atoms with Gasteiger partial charge in [-0.1, -0.05) is 108 Å². The fourth-order valence-corrected chi connectivity index (χ4v) is 9.91. The molecule has 6 rings (SSSR count). The summed E-state index contributed by atoms with van der Waals surface area (Å²) in [5.41, 5.74) is 2.01. The van der Waals surface area contributed by atoms with Crippen LogP contribution in [0, 0.1) is 0 Å². The lowest BCUT2D eigenvalue weighted by atomic mass is 10.2. The molecule has 39 heavy (non-hydrogen) atoms. The molecule has 5 aromatic carbocycles. The van der Waals surface area contributed by atoms with Gasteiger partial charge in [0.15, 0.2) is 13.1 Å². The van der Waals surface area contributed by atoms with Gasteiger partial charge in [-0.05, 0) is 60.7 Å². The molecule has 5 heteroatoms. The van der Waals surface area contributed by atoms with Crippen molar-refractivity contribution in [1.29, 1.82) is 0 Å². The molecule has 1 heterocycles. The molecule has 0 amide bonds. The Kier molecular flexibility index (Phi) is 7.56. The average molecular weight is 560 g/mol. The number of benzene rings is 5. The molecule has 0 bridgehead atoms. The highest BCUT2D eigenvalue weighted by molar-refractivity contribution is 8.01. The van der Waals surface area contributed by atoms with E-state index in [4.69, 9.17) is 21.6 Å². The van der Waals surface area contributed by atoms with E-state index in [0.29, 0.717) is 0 Å². The van der Waals surface area contributed by atoms with E-state index in [2.05, 4.69) is 109 Å². The van der Waals surface area contributed by atoms with Gasteiger partial charge in [0.05, 0.1) is 0 Å². The number of halogens is 1. The second-order valence-corrected chi connectivity index (χ2v) is 13.9. The van der Waals surface area contributed by atoms with Gasteiger partial charge in [-0.25, -0.2) is 4.98 Å². The fourth-order valence-electron chi connectivity index (χ4n) is 4.78. The Bertz CT molecular complexity index is 1570. The van der Waals surface area contributed by atoms with Crippen molar-refractivity contribution in [2.45, 2.75) is 9.92 Å². The van der Waals surface area contributed by atoms with Gasteiger partial charge in [0.25, 0.3) is 0 Å². The van der Waals surface area contributed by atoms with E-state index in [0.717, 1.165) is 31.8 Å². The van der Waals surface area contributed by atoms with Crippen LogP contribution in [0.15, 0.2) is 162 Å². The third-order valence-corrected chi connectivity index (χ3v) is 11.8. The Morgan fingerprint density at radius 2 is 0.974 bits per heavy atom. The van der Waals surface area contributed by atoms with E-state index in [1.165, 1.54) is 15.9 Å². The third-order valence-electron chi connectivity index (χ3n) is 6.53. The maximum Gasteiger partial charge on any atom is 0.202 e. The van der Waals surface area contributed by atoms with Gasteiger partial charge in [-0.15, -0.1) is 0 Å². The fraction of sp³-hybridized carbons (Fsp3) is 0. The van der Waals surface area contributed by atoms with Crippen LogP contribution in [0.4, 0.5) is 0 Å². The van der Waals surface area contributed by atoms with Crippen molar-refractivity contribution < 1.29 is 0 Å². The van der Waals surface area contributed by atoms with Gasteiger partial charge >= 0.3 is 0 Å². The first-order valence-corrected chi connectivity index (χ1v) is 15.7. The van der Waals surface area contributed by atoms with E-state index in [9.17, 15) is 0 Å². The lowest BCUT2D eigenvalue weighted by Crippen LogP contribution is -2.40. The first kappa shape index (κ1) is 25.5. The Labute approximate surface area is 239 Å². The summed E-state index contributed by atoms with van der Waals surface area (Å²) in [6, 6.07) is 52.7. The van der Waals surface area contributed by atoms with E-state index in [1.807, 2.05) is 42.5 Å². The highest BCUT2D eigenvalue weighted by Gasteiger charge is 2.49. The molecule has 0 aliphatic heterocycles. The Hall–Kier alpha value is -3.75. The van der Waals surface area contributed by atoms with Crippen LogP contribution < -0.4 is 21.3 Å². The van der Waals surface area contributed by atoms with Gasteiger partial charge in [-0.2, -0.15) is 4.98 Å². The zero-order valence-electron chi connectivity index (χ0n) is 21.1. The minimum atomic E-state index is -2.38. The summed E-state index contributed by atoms with van der Waals surface area (Å²) in [7, 11) is -2.38. The van der Waals surface area contributed by atoms with Crippen molar-refractivity contribution in [3.8, 4) is 11.4 Å². The van der Waals surface area contributed by atoms with Crippen LogP contribution in [0.3, 0.4) is 0 Å². The van der Waals surface area contributed by atoms with Crippen molar-refractivity contribution in [3.63, 3.8) is 0 Å². The highest BCUT2D eigenvalue weighted by Crippen LogP contribution is 2.54. The summed E-state index contributed by atoms with van der Waals surface area (Å²) in [6.07, 6.45) is 0. The molecule has 0 aliphatic rings. The first-order valence-electron chi connectivity index (χ1n) is 12.7. The minimum Gasteiger partial charge on any atom is -0.221 e. The van der Waals surface area contributed by atoms with Crippen molar-refractivity contribution in [2.75, 3.05) is 0 Å².